The Hall–Kier alpha value is -1.96. The van der Waals surface area contributed by atoms with Crippen LogP contribution in [0.3, 0.4) is 0 Å². The lowest BCUT2D eigenvalue weighted by molar-refractivity contribution is 0.0990. The van der Waals surface area contributed by atoms with Crippen LogP contribution in [-0.2, 0) is 16.6 Å². The maximum absolute atomic E-state index is 12.9. The second-order valence-corrected chi connectivity index (χ2v) is 8.24. The molecular weight excluding hydrogens is 362 g/mol. The summed E-state index contributed by atoms with van der Waals surface area (Å²) in [6.45, 7) is 2.13. The fourth-order valence-corrected chi connectivity index (χ4v) is 3.63. The largest absolute Gasteiger partial charge is 0.299 e. The van der Waals surface area contributed by atoms with Gasteiger partial charge in [0.05, 0.1) is 24.2 Å². The predicted molar refractivity (Wildman–Crippen MR) is 97.2 cm³/mol. The number of benzene rings is 1. The Morgan fingerprint density at radius 1 is 1.28 bits per heavy atom. The average molecular weight is 380 g/mol. The number of nitrogens with zero attached hydrogens (tertiary/aromatic N) is 2. The number of amides is 1. The summed E-state index contributed by atoms with van der Waals surface area (Å²) >= 11 is 6.03. The molecular formula is C17H18ClN3O3S. The smallest absolute Gasteiger partial charge is 0.259 e. The van der Waals surface area contributed by atoms with Gasteiger partial charge in [-0.2, -0.15) is 0 Å². The Labute approximate surface area is 151 Å². The number of carbonyl (C=O) groups excluding carboxylic acids is 1. The van der Waals surface area contributed by atoms with Crippen LogP contribution >= 0.6 is 11.6 Å². The fourth-order valence-electron chi connectivity index (χ4n) is 3.03. The first-order valence-electron chi connectivity index (χ1n) is 7.81. The van der Waals surface area contributed by atoms with Crippen LogP contribution in [0.1, 0.15) is 40.9 Å². The Balaban J connectivity index is 1.95. The zero-order valence-corrected chi connectivity index (χ0v) is 15.4. The first-order chi connectivity index (χ1) is 11.8. The maximum Gasteiger partial charge on any atom is 0.259 e. The molecule has 0 fully saturated rings. The molecule has 2 heterocycles. The Morgan fingerprint density at radius 3 is 2.72 bits per heavy atom. The minimum atomic E-state index is -3.30. The highest BCUT2D eigenvalue weighted by atomic mass is 35.5. The topological polar surface area (TPSA) is 79.4 Å². The number of hydrogen-bond acceptors (Lipinski definition) is 4. The van der Waals surface area contributed by atoms with Crippen molar-refractivity contribution < 1.29 is 13.2 Å². The van der Waals surface area contributed by atoms with Gasteiger partial charge in [0.2, 0.25) is 10.0 Å². The van der Waals surface area contributed by atoms with Gasteiger partial charge >= 0.3 is 0 Å². The molecule has 3 rings (SSSR count). The van der Waals surface area contributed by atoms with E-state index in [0.717, 1.165) is 18.2 Å². The molecule has 0 radical (unpaired) electrons. The molecule has 0 bridgehead atoms. The molecule has 25 heavy (non-hydrogen) atoms. The summed E-state index contributed by atoms with van der Waals surface area (Å²) in [5, 5.41) is 0.521. The van der Waals surface area contributed by atoms with E-state index >= 15 is 0 Å². The molecule has 0 aliphatic carbocycles. The summed E-state index contributed by atoms with van der Waals surface area (Å²) in [7, 11) is -3.30. The summed E-state index contributed by atoms with van der Waals surface area (Å²) in [4.78, 5) is 18.7. The number of aromatic nitrogens is 1. The van der Waals surface area contributed by atoms with Crippen LogP contribution in [-0.4, -0.2) is 25.6 Å². The molecule has 132 valence electrons. The van der Waals surface area contributed by atoms with Crippen LogP contribution in [0.2, 0.25) is 5.02 Å². The third-order valence-electron chi connectivity index (χ3n) is 4.12. The van der Waals surface area contributed by atoms with E-state index in [1.54, 1.807) is 35.5 Å². The van der Waals surface area contributed by atoms with Crippen molar-refractivity contribution in [2.24, 2.45) is 0 Å². The zero-order valence-electron chi connectivity index (χ0n) is 13.9. The normalized spacial score (nSPS) is 17.0. The molecule has 2 aromatic rings. The van der Waals surface area contributed by atoms with Crippen LogP contribution in [0.5, 0.6) is 0 Å². The monoisotopic (exact) mass is 379 g/mol. The van der Waals surface area contributed by atoms with Crippen molar-refractivity contribution in [3.8, 4) is 0 Å². The van der Waals surface area contributed by atoms with Gasteiger partial charge in [0, 0.05) is 23.3 Å². The maximum atomic E-state index is 12.9. The van der Waals surface area contributed by atoms with Gasteiger partial charge < -0.3 is 0 Å². The summed E-state index contributed by atoms with van der Waals surface area (Å²) in [5.41, 5.74) is 2.85. The van der Waals surface area contributed by atoms with Gasteiger partial charge in [0.15, 0.2) is 0 Å². The first kappa shape index (κ1) is 17.8. The van der Waals surface area contributed by atoms with E-state index in [0.29, 0.717) is 21.8 Å². The molecule has 1 amide bonds. The number of carbonyl (C=O) groups is 1. The predicted octanol–water partition coefficient (Wildman–Crippen LogP) is 2.90. The van der Waals surface area contributed by atoms with Gasteiger partial charge in [-0.15, -0.1) is 0 Å². The van der Waals surface area contributed by atoms with Crippen molar-refractivity contribution in [1.29, 1.82) is 0 Å². The second-order valence-electron chi connectivity index (χ2n) is 5.98. The molecule has 1 N–H and O–H groups in total. The molecule has 1 aliphatic rings. The molecule has 8 heteroatoms. The second kappa shape index (κ2) is 6.74. The zero-order chi connectivity index (χ0) is 18.2. The van der Waals surface area contributed by atoms with Crippen LogP contribution in [0.25, 0.3) is 0 Å². The Bertz CT molecular complexity index is 930. The highest BCUT2D eigenvalue weighted by Gasteiger charge is 2.36. The molecule has 0 spiro atoms. The highest BCUT2D eigenvalue weighted by Crippen LogP contribution is 2.40. The number of sulfonamides is 1. The lowest BCUT2D eigenvalue weighted by atomic mass is 10.0. The average Bonchev–Trinajstić information content (AvgIpc) is 2.84. The van der Waals surface area contributed by atoms with E-state index in [-0.39, 0.29) is 18.5 Å². The number of rotatable bonds is 5. The van der Waals surface area contributed by atoms with Crippen LogP contribution in [0.15, 0.2) is 36.7 Å². The minimum absolute atomic E-state index is 0.0975. The summed E-state index contributed by atoms with van der Waals surface area (Å²) in [6, 6.07) is 7.03. The molecule has 6 nitrogen and oxygen atoms in total. The molecule has 0 saturated heterocycles. The summed E-state index contributed by atoms with van der Waals surface area (Å²) < 4.78 is 25.0. The third kappa shape index (κ3) is 3.68. The van der Waals surface area contributed by atoms with E-state index in [9.17, 15) is 13.2 Å². The van der Waals surface area contributed by atoms with Crippen molar-refractivity contribution in [1.82, 2.24) is 9.71 Å². The van der Waals surface area contributed by atoms with Crippen LogP contribution in [0.4, 0.5) is 5.69 Å². The van der Waals surface area contributed by atoms with Crippen molar-refractivity contribution in [3.63, 3.8) is 0 Å². The van der Waals surface area contributed by atoms with E-state index in [1.165, 1.54) is 0 Å². The van der Waals surface area contributed by atoms with Crippen molar-refractivity contribution in [2.45, 2.75) is 25.9 Å². The van der Waals surface area contributed by atoms with Gasteiger partial charge in [0.1, 0.15) is 0 Å². The van der Waals surface area contributed by atoms with E-state index in [2.05, 4.69) is 9.71 Å². The lowest BCUT2D eigenvalue weighted by Crippen LogP contribution is -2.28. The number of halogens is 1. The SMILES string of the molecule is CC[C@H]1c2ccc(Cl)cc2C(=O)N1c1cncc(CNS(C)(=O)=O)c1. The summed E-state index contributed by atoms with van der Waals surface area (Å²) in [5.74, 6) is -0.126. The first-order valence-corrected chi connectivity index (χ1v) is 10.1. The quantitative estimate of drug-likeness (QED) is 0.866. The van der Waals surface area contributed by atoms with Gasteiger partial charge in [-0.3, -0.25) is 14.7 Å². The van der Waals surface area contributed by atoms with E-state index in [1.807, 2.05) is 13.0 Å². The number of nitrogens with one attached hydrogen (secondary N) is 1. The van der Waals surface area contributed by atoms with Crippen molar-refractivity contribution in [2.75, 3.05) is 11.2 Å². The van der Waals surface area contributed by atoms with Gasteiger partial charge in [-0.25, -0.2) is 13.1 Å². The number of hydrogen-bond donors (Lipinski definition) is 1. The standard InChI is InChI=1S/C17H18ClN3O3S/c1-3-16-14-5-4-12(18)7-15(14)17(22)21(16)13-6-11(8-19-10-13)9-20-25(2,23)24/h4-8,10,16,20H,3,9H2,1-2H3/t16-/m0/s1. The van der Waals surface area contributed by atoms with Crippen molar-refractivity contribution in [3.05, 3.63) is 58.4 Å². The van der Waals surface area contributed by atoms with Crippen LogP contribution < -0.4 is 9.62 Å². The van der Waals surface area contributed by atoms with Crippen molar-refractivity contribution >= 4 is 33.2 Å². The molecule has 1 atom stereocenters. The fraction of sp³-hybridized carbons (Fsp3) is 0.294. The number of pyridine rings is 1. The molecule has 0 saturated carbocycles. The third-order valence-corrected chi connectivity index (χ3v) is 5.02. The minimum Gasteiger partial charge on any atom is -0.299 e. The number of anilines is 1. The molecule has 1 aromatic carbocycles. The Morgan fingerprint density at radius 2 is 2.04 bits per heavy atom. The lowest BCUT2D eigenvalue weighted by Gasteiger charge is -2.24. The Kier molecular flexibility index (Phi) is 4.81. The van der Waals surface area contributed by atoms with Gasteiger partial charge in [0.25, 0.3) is 5.91 Å². The summed E-state index contributed by atoms with van der Waals surface area (Å²) in [6.07, 6.45) is 5.03. The molecule has 1 aliphatic heterocycles. The molecule has 1 aromatic heterocycles. The molecule has 0 unspecified atom stereocenters. The van der Waals surface area contributed by atoms with Gasteiger partial charge in [-0.05, 0) is 35.7 Å². The number of fused-ring (bicyclic) bond motifs is 1. The highest BCUT2D eigenvalue weighted by molar-refractivity contribution is 7.88. The van der Waals surface area contributed by atoms with E-state index < -0.39 is 10.0 Å². The van der Waals surface area contributed by atoms with E-state index in [4.69, 9.17) is 11.6 Å². The van der Waals surface area contributed by atoms with Crippen LogP contribution in [0, 0.1) is 0 Å². The van der Waals surface area contributed by atoms with Gasteiger partial charge in [-0.1, -0.05) is 24.6 Å².